The van der Waals surface area contributed by atoms with Crippen molar-refractivity contribution in [1.82, 2.24) is 14.4 Å². The third kappa shape index (κ3) is 2.09. The highest BCUT2D eigenvalue weighted by atomic mass is 16.5. The number of H-pyrrole nitrogens is 1. The maximum Gasteiger partial charge on any atom is 0.213 e. The van der Waals surface area contributed by atoms with E-state index in [4.69, 9.17) is 9.72 Å². The van der Waals surface area contributed by atoms with Gasteiger partial charge in [0, 0.05) is 16.8 Å². The molecule has 0 bridgehead atoms. The number of nitrogens with zero attached hydrogens (tertiary/aromatic N) is 2. The van der Waals surface area contributed by atoms with E-state index in [-0.39, 0.29) is 0 Å². The van der Waals surface area contributed by atoms with Crippen LogP contribution in [0, 0.1) is 6.92 Å². The predicted molar refractivity (Wildman–Crippen MR) is 94.4 cm³/mol. The molecule has 0 spiro atoms. The van der Waals surface area contributed by atoms with Crippen LogP contribution in [0.5, 0.6) is 5.75 Å². The summed E-state index contributed by atoms with van der Waals surface area (Å²) in [4.78, 5) is 8.10. The number of aromatic amines is 1. The molecule has 4 rings (SSSR count). The van der Waals surface area contributed by atoms with Gasteiger partial charge in [-0.2, -0.15) is 0 Å². The number of hydrogen-bond acceptors (Lipinski definition) is 3. The second-order valence-corrected chi connectivity index (χ2v) is 5.98. The number of aryl methyl sites for hydroxylation is 1. The van der Waals surface area contributed by atoms with Gasteiger partial charge in [-0.3, -0.25) is 4.40 Å². The van der Waals surface area contributed by atoms with Crippen molar-refractivity contribution >= 4 is 16.8 Å². The maximum absolute atomic E-state index is 10.1. The zero-order chi connectivity index (χ0) is 16.8. The van der Waals surface area contributed by atoms with Crippen molar-refractivity contribution in [2.24, 2.45) is 0 Å². The van der Waals surface area contributed by atoms with Crippen LogP contribution in [-0.4, -0.2) is 26.6 Å². The van der Waals surface area contributed by atoms with E-state index in [2.05, 4.69) is 9.38 Å². The first kappa shape index (κ1) is 14.8. The number of methoxy groups -OCH3 is 1. The first-order chi connectivity index (χ1) is 11.6. The summed E-state index contributed by atoms with van der Waals surface area (Å²) in [6.45, 7) is 3.83. The molecular formula is C19H19N3O2. The van der Waals surface area contributed by atoms with Gasteiger partial charge in [0.15, 0.2) is 0 Å². The molecule has 0 fully saturated rings. The molecule has 0 aliphatic rings. The van der Waals surface area contributed by atoms with Crippen LogP contribution in [0.3, 0.4) is 0 Å². The van der Waals surface area contributed by atoms with Gasteiger partial charge in [-0.25, -0.2) is 4.98 Å². The number of ether oxygens (including phenoxy) is 1. The van der Waals surface area contributed by atoms with Crippen LogP contribution < -0.4 is 4.74 Å². The van der Waals surface area contributed by atoms with Crippen molar-refractivity contribution in [2.45, 2.75) is 20.0 Å². The number of imidazole rings is 2. The van der Waals surface area contributed by atoms with Crippen LogP contribution in [0.1, 0.15) is 24.3 Å². The van der Waals surface area contributed by atoms with Crippen molar-refractivity contribution < 1.29 is 9.84 Å². The highest BCUT2D eigenvalue weighted by Crippen LogP contribution is 2.31. The molecule has 0 aliphatic carbocycles. The molecule has 4 aromatic rings. The fourth-order valence-corrected chi connectivity index (χ4v) is 3.25. The fraction of sp³-hybridized carbons (Fsp3) is 0.211. The highest BCUT2D eigenvalue weighted by Gasteiger charge is 2.18. The Bertz CT molecular complexity index is 1030. The Labute approximate surface area is 139 Å². The summed E-state index contributed by atoms with van der Waals surface area (Å²) in [6.07, 6.45) is -0.543. The zero-order valence-electron chi connectivity index (χ0n) is 13.9. The van der Waals surface area contributed by atoms with Crippen molar-refractivity contribution in [3.63, 3.8) is 0 Å². The van der Waals surface area contributed by atoms with Crippen LogP contribution in [0.15, 0.2) is 42.5 Å². The summed E-state index contributed by atoms with van der Waals surface area (Å²) >= 11 is 0. The number of nitrogens with one attached hydrogen (secondary N) is 1. The van der Waals surface area contributed by atoms with Gasteiger partial charge in [0.1, 0.15) is 5.75 Å². The summed E-state index contributed by atoms with van der Waals surface area (Å²) in [5.74, 6) is 1.60. The minimum Gasteiger partial charge on any atom is -0.497 e. The smallest absolute Gasteiger partial charge is 0.213 e. The molecule has 122 valence electrons. The van der Waals surface area contributed by atoms with Crippen molar-refractivity contribution in [3.05, 3.63) is 53.7 Å². The highest BCUT2D eigenvalue weighted by molar-refractivity contribution is 5.85. The summed E-state index contributed by atoms with van der Waals surface area (Å²) in [6, 6.07) is 13.8. The van der Waals surface area contributed by atoms with E-state index >= 15 is 0 Å². The van der Waals surface area contributed by atoms with Crippen molar-refractivity contribution in [2.75, 3.05) is 7.11 Å². The van der Waals surface area contributed by atoms with E-state index in [1.54, 1.807) is 14.0 Å². The number of aliphatic hydroxyl groups excluding tert-OH is 1. The van der Waals surface area contributed by atoms with Gasteiger partial charge in [-0.1, -0.05) is 12.1 Å². The Kier molecular flexibility index (Phi) is 3.32. The second kappa shape index (κ2) is 5.39. The van der Waals surface area contributed by atoms with E-state index in [0.717, 1.165) is 45.1 Å². The van der Waals surface area contributed by atoms with E-state index in [9.17, 15) is 5.11 Å². The average Bonchev–Trinajstić information content (AvgIpc) is 3.11. The normalized spacial score (nSPS) is 12.8. The molecule has 24 heavy (non-hydrogen) atoms. The Hall–Kier alpha value is -2.79. The molecule has 1 atom stereocenters. The lowest BCUT2D eigenvalue weighted by Crippen LogP contribution is -1.96. The molecule has 2 aromatic heterocycles. The van der Waals surface area contributed by atoms with Gasteiger partial charge >= 0.3 is 0 Å². The van der Waals surface area contributed by atoms with Gasteiger partial charge in [-0.15, -0.1) is 0 Å². The minimum atomic E-state index is -0.543. The van der Waals surface area contributed by atoms with E-state index in [1.807, 2.05) is 49.4 Å². The minimum absolute atomic E-state index is 0.543. The standard InChI is InChI=1S/C19H19N3O2/c1-11-17(13-7-9-14(24-3)10-8-13)21-19-20-16-6-4-5-15(12(2)23)18(16)22(11)19/h4-10,12,23H,1-3H3,(H,20,21). The molecular weight excluding hydrogens is 302 g/mol. The lowest BCUT2D eigenvalue weighted by Gasteiger charge is -2.08. The molecule has 2 aromatic carbocycles. The van der Waals surface area contributed by atoms with Crippen LogP contribution in [0.4, 0.5) is 0 Å². The van der Waals surface area contributed by atoms with Gasteiger partial charge in [0.2, 0.25) is 5.78 Å². The molecule has 5 nitrogen and oxygen atoms in total. The number of benzene rings is 2. The Morgan fingerprint density at radius 2 is 1.92 bits per heavy atom. The van der Waals surface area contributed by atoms with E-state index in [0.29, 0.717) is 0 Å². The Morgan fingerprint density at radius 3 is 2.58 bits per heavy atom. The predicted octanol–water partition coefficient (Wildman–Crippen LogP) is 3.85. The van der Waals surface area contributed by atoms with Crippen LogP contribution >= 0.6 is 0 Å². The number of fused-ring (bicyclic) bond motifs is 3. The van der Waals surface area contributed by atoms with Crippen LogP contribution in [-0.2, 0) is 0 Å². The number of aliphatic hydroxyl groups is 1. The summed E-state index contributed by atoms with van der Waals surface area (Å²) < 4.78 is 7.30. The number of aromatic nitrogens is 3. The topological polar surface area (TPSA) is 62.5 Å². The third-order valence-corrected chi connectivity index (χ3v) is 4.46. The first-order valence-corrected chi connectivity index (χ1v) is 7.92. The van der Waals surface area contributed by atoms with Crippen LogP contribution in [0.2, 0.25) is 0 Å². The summed E-state index contributed by atoms with van der Waals surface area (Å²) in [5.41, 5.74) is 5.84. The second-order valence-electron chi connectivity index (χ2n) is 5.98. The lowest BCUT2D eigenvalue weighted by molar-refractivity contribution is 0.200. The number of rotatable bonds is 3. The molecule has 0 saturated carbocycles. The molecule has 0 saturated heterocycles. The van der Waals surface area contributed by atoms with Gasteiger partial charge in [0.05, 0.1) is 29.9 Å². The molecule has 2 N–H and O–H groups in total. The van der Waals surface area contributed by atoms with Crippen molar-refractivity contribution in [3.8, 4) is 17.0 Å². The van der Waals surface area contributed by atoms with E-state index < -0.39 is 6.10 Å². The largest absolute Gasteiger partial charge is 0.497 e. The van der Waals surface area contributed by atoms with Gasteiger partial charge in [-0.05, 0) is 44.2 Å². The molecule has 0 aliphatic heterocycles. The van der Waals surface area contributed by atoms with Gasteiger partial charge < -0.3 is 14.8 Å². The molecule has 0 radical (unpaired) electrons. The van der Waals surface area contributed by atoms with Crippen molar-refractivity contribution in [1.29, 1.82) is 0 Å². The summed E-state index contributed by atoms with van der Waals surface area (Å²) in [7, 11) is 1.66. The average molecular weight is 321 g/mol. The Balaban J connectivity index is 1.98. The Morgan fingerprint density at radius 1 is 1.17 bits per heavy atom. The first-order valence-electron chi connectivity index (χ1n) is 7.92. The molecule has 0 amide bonds. The zero-order valence-corrected chi connectivity index (χ0v) is 13.9. The quantitative estimate of drug-likeness (QED) is 0.602. The molecule has 2 heterocycles. The van der Waals surface area contributed by atoms with Gasteiger partial charge in [0.25, 0.3) is 0 Å². The number of para-hydroxylation sites is 1. The number of hydrogen-bond donors (Lipinski definition) is 2. The van der Waals surface area contributed by atoms with E-state index in [1.165, 1.54) is 0 Å². The fourth-order valence-electron chi connectivity index (χ4n) is 3.25. The SMILES string of the molecule is COc1ccc(-c2nc3[nH]c4cccc(C(C)O)c4n3c2C)cc1. The third-order valence-electron chi connectivity index (χ3n) is 4.46. The monoisotopic (exact) mass is 321 g/mol. The molecule has 1 unspecified atom stereocenters. The summed E-state index contributed by atoms with van der Waals surface area (Å²) in [5, 5.41) is 10.1. The molecule has 5 heteroatoms. The van der Waals surface area contributed by atoms with Crippen LogP contribution in [0.25, 0.3) is 28.1 Å². The lowest BCUT2D eigenvalue weighted by atomic mass is 10.1. The maximum atomic E-state index is 10.1.